The molecule has 0 amide bonds. The molecule has 0 saturated carbocycles. The Kier molecular flexibility index (Phi) is 3.00. The molecule has 0 radical (unpaired) electrons. The van der Waals surface area contributed by atoms with E-state index < -0.39 is 0 Å². The van der Waals surface area contributed by atoms with E-state index in [0.29, 0.717) is 17.9 Å². The van der Waals surface area contributed by atoms with E-state index in [1.165, 1.54) is 0 Å². The van der Waals surface area contributed by atoms with E-state index in [9.17, 15) is 0 Å². The topological polar surface area (TPSA) is 60.0 Å². The summed E-state index contributed by atoms with van der Waals surface area (Å²) >= 11 is 0. The largest absolute Gasteiger partial charge is 0.338 e. The predicted molar refractivity (Wildman–Crippen MR) is 71.2 cm³/mol. The molecule has 2 aromatic rings. The number of rotatable bonds is 3. The van der Waals surface area contributed by atoms with Crippen molar-refractivity contribution in [1.29, 1.82) is 0 Å². The standard InChI is InChI=1S/C13H19N5O/c1-9(2)11-15-13(19-16-11)18-6-4-10(8-18)12-14-5-7-17(12)3/h5,7,9-10H,4,6,8H2,1-3H3. The third kappa shape index (κ3) is 2.22. The van der Waals surface area contributed by atoms with Crippen LogP contribution in [0.3, 0.4) is 0 Å². The van der Waals surface area contributed by atoms with Gasteiger partial charge in [-0.3, -0.25) is 0 Å². The van der Waals surface area contributed by atoms with Crippen LogP contribution >= 0.6 is 0 Å². The molecule has 0 aromatic carbocycles. The molecule has 1 aliphatic heterocycles. The summed E-state index contributed by atoms with van der Waals surface area (Å²) in [5.74, 6) is 2.64. The lowest BCUT2D eigenvalue weighted by Crippen LogP contribution is -2.20. The second-order valence-electron chi connectivity index (χ2n) is 5.42. The number of aromatic nitrogens is 4. The van der Waals surface area contributed by atoms with Gasteiger partial charge < -0.3 is 14.0 Å². The first kappa shape index (κ1) is 12.2. The lowest BCUT2D eigenvalue weighted by Gasteiger charge is -2.12. The lowest BCUT2D eigenvalue weighted by atomic mass is 10.1. The second-order valence-corrected chi connectivity index (χ2v) is 5.42. The average molecular weight is 261 g/mol. The summed E-state index contributed by atoms with van der Waals surface area (Å²) in [6, 6.07) is 0.639. The minimum absolute atomic E-state index is 0.297. The molecule has 0 aliphatic carbocycles. The number of anilines is 1. The molecule has 2 aromatic heterocycles. The highest BCUT2D eigenvalue weighted by Gasteiger charge is 2.29. The Morgan fingerprint density at radius 2 is 2.26 bits per heavy atom. The third-order valence-corrected chi connectivity index (χ3v) is 3.63. The van der Waals surface area contributed by atoms with E-state index in [-0.39, 0.29) is 0 Å². The first-order chi connectivity index (χ1) is 9.15. The number of imidazole rings is 1. The van der Waals surface area contributed by atoms with Crippen LogP contribution in [0, 0.1) is 0 Å². The molecule has 1 saturated heterocycles. The number of hydrogen-bond acceptors (Lipinski definition) is 5. The fraction of sp³-hybridized carbons (Fsp3) is 0.615. The minimum atomic E-state index is 0.297. The van der Waals surface area contributed by atoms with E-state index >= 15 is 0 Å². The first-order valence-electron chi connectivity index (χ1n) is 6.71. The zero-order chi connectivity index (χ0) is 13.4. The summed E-state index contributed by atoms with van der Waals surface area (Å²) in [5, 5.41) is 4.02. The molecule has 0 bridgehead atoms. The van der Waals surface area contributed by atoms with Crippen molar-refractivity contribution in [2.75, 3.05) is 18.0 Å². The summed E-state index contributed by atoms with van der Waals surface area (Å²) in [6.45, 7) is 5.96. The summed E-state index contributed by atoms with van der Waals surface area (Å²) < 4.78 is 7.43. The van der Waals surface area contributed by atoms with Crippen LogP contribution in [0.2, 0.25) is 0 Å². The van der Waals surface area contributed by atoms with Gasteiger partial charge in [-0.25, -0.2) is 4.98 Å². The maximum atomic E-state index is 5.34. The van der Waals surface area contributed by atoms with Gasteiger partial charge in [-0.15, -0.1) is 0 Å². The van der Waals surface area contributed by atoms with E-state index in [2.05, 4.69) is 38.4 Å². The van der Waals surface area contributed by atoms with Gasteiger partial charge in [0, 0.05) is 44.4 Å². The van der Waals surface area contributed by atoms with E-state index in [1.807, 2.05) is 19.4 Å². The number of aryl methyl sites for hydroxylation is 1. The highest BCUT2D eigenvalue weighted by molar-refractivity contribution is 5.30. The van der Waals surface area contributed by atoms with Crippen molar-refractivity contribution < 1.29 is 4.52 Å². The Morgan fingerprint density at radius 1 is 1.42 bits per heavy atom. The fourth-order valence-electron chi connectivity index (χ4n) is 2.50. The maximum Gasteiger partial charge on any atom is 0.324 e. The van der Waals surface area contributed by atoms with Crippen LogP contribution in [-0.4, -0.2) is 32.8 Å². The van der Waals surface area contributed by atoms with Gasteiger partial charge in [-0.2, -0.15) is 4.98 Å². The predicted octanol–water partition coefficient (Wildman–Crippen LogP) is 1.92. The summed E-state index contributed by atoms with van der Waals surface area (Å²) in [4.78, 5) is 11.0. The summed E-state index contributed by atoms with van der Waals surface area (Å²) in [7, 11) is 2.04. The van der Waals surface area contributed by atoms with Gasteiger partial charge in [0.05, 0.1) is 0 Å². The molecule has 19 heavy (non-hydrogen) atoms. The van der Waals surface area contributed by atoms with E-state index in [4.69, 9.17) is 4.52 Å². The fourth-order valence-corrected chi connectivity index (χ4v) is 2.50. The molecule has 1 fully saturated rings. The van der Waals surface area contributed by atoms with Crippen molar-refractivity contribution in [3.63, 3.8) is 0 Å². The van der Waals surface area contributed by atoms with Gasteiger partial charge in [0.2, 0.25) is 0 Å². The Labute approximate surface area is 112 Å². The Morgan fingerprint density at radius 3 is 2.89 bits per heavy atom. The highest BCUT2D eigenvalue weighted by atomic mass is 16.5. The van der Waals surface area contributed by atoms with Crippen molar-refractivity contribution >= 4 is 6.01 Å². The molecular weight excluding hydrogens is 242 g/mol. The summed E-state index contributed by atoms with van der Waals surface area (Å²) in [6.07, 6.45) is 4.91. The van der Waals surface area contributed by atoms with Crippen LogP contribution in [0.5, 0.6) is 0 Å². The molecule has 1 atom stereocenters. The van der Waals surface area contributed by atoms with Crippen LogP contribution < -0.4 is 4.90 Å². The van der Waals surface area contributed by atoms with Crippen LogP contribution in [0.4, 0.5) is 6.01 Å². The van der Waals surface area contributed by atoms with Crippen molar-refractivity contribution in [3.8, 4) is 0 Å². The van der Waals surface area contributed by atoms with Crippen LogP contribution in [0.1, 0.15) is 43.8 Å². The second kappa shape index (κ2) is 4.68. The van der Waals surface area contributed by atoms with Crippen molar-refractivity contribution in [2.45, 2.75) is 32.1 Å². The maximum absolute atomic E-state index is 5.34. The molecule has 6 nitrogen and oxygen atoms in total. The molecule has 1 aliphatic rings. The molecule has 102 valence electrons. The highest BCUT2D eigenvalue weighted by Crippen LogP contribution is 2.29. The van der Waals surface area contributed by atoms with Crippen molar-refractivity contribution in [2.24, 2.45) is 7.05 Å². The summed E-state index contributed by atoms with van der Waals surface area (Å²) in [5.41, 5.74) is 0. The average Bonchev–Trinajstić information content (AvgIpc) is 3.07. The monoisotopic (exact) mass is 261 g/mol. The zero-order valence-electron chi connectivity index (χ0n) is 11.6. The first-order valence-corrected chi connectivity index (χ1v) is 6.71. The van der Waals surface area contributed by atoms with Gasteiger partial charge in [0.25, 0.3) is 0 Å². The van der Waals surface area contributed by atoms with Gasteiger partial charge in [0.1, 0.15) is 5.82 Å². The zero-order valence-corrected chi connectivity index (χ0v) is 11.6. The third-order valence-electron chi connectivity index (χ3n) is 3.63. The minimum Gasteiger partial charge on any atom is -0.338 e. The molecule has 6 heteroatoms. The smallest absolute Gasteiger partial charge is 0.324 e. The van der Waals surface area contributed by atoms with Gasteiger partial charge >= 0.3 is 6.01 Å². The Bertz CT molecular complexity index is 559. The van der Waals surface area contributed by atoms with Crippen LogP contribution in [0.15, 0.2) is 16.9 Å². The molecule has 3 heterocycles. The number of nitrogens with zero attached hydrogens (tertiary/aromatic N) is 5. The molecule has 3 rings (SSSR count). The van der Waals surface area contributed by atoms with E-state index in [0.717, 1.165) is 31.2 Å². The van der Waals surface area contributed by atoms with Crippen LogP contribution in [0.25, 0.3) is 0 Å². The normalized spacial score (nSPS) is 19.6. The molecule has 0 N–H and O–H groups in total. The SMILES string of the molecule is CC(C)c1noc(N2CCC(c3nccn3C)C2)n1. The van der Waals surface area contributed by atoms with Crippen molar-refractivity contribution in [1.82, 2.24) is 19.7 Å². The van der Waals surface area contributed by atoms with Gasteiger partial charge in [-0.05, 0) is 6.42 Å². The molecule has 1 unspecified atom stereocenters. The van der Waals surface area contributed by atoms with E-state index in [1.54, 1.807) is 0 Å². The Balaban J connectivity index is 1.73. The lowest BCUT2D eigenvalue weighted by molar-refractivity contribution is 0.407. The van der Waals surface area contributed by atoms with Crippen LogP contribution in [-0.2, 0) is 7.05 Å². The molecule has 0 spiro atoms. The Hall–Kier alpha value is -1.85. The van der Waals surface area contributed by atoms with Gasteiger partial charge in [-0.1, -0.05) is 19.0 Å². The molecular formula is C13H19N5O. The van der Waals surface area contributed by atoms with Gasteiger partial charge in [0.15, 0.2) is 5.82 Å². The quantitative estimate of drug-likeness (QED) is 0.844. The number of hydrogen-bond donors (Lipinski definition) is 0. The van der Waals surface area contributed by atoms with Crippen molar-refractivity contribution in [3.05, 3.63) is 24.0 Å².